The first-order valence-electron chi connectivity index (χ1n) is 10.5. The number of aryl methyl sites for hydroxylation is 2. The molecule has 2 heterocycles. The summed E-state index contributed by atoms with van der Waals surface area (Å²) < 4.78 is 21.3. The van der Waals surface area contributed by atoms with Gasteiger partial charge in [-0.3, -0.25) is 0 Å². The van der Waals surface area contributed by atoms with Crippen molar-refractivity contribution in [3.8, 4) is 11.5 Å². The smallest absolute Gasteiger partial charge is 0.384 e. The lowest BCUT2D eigenvalue weighted by Gasteiger charge is -2.37. The zero-order valence-corrected chi connectivity index (χ0v) is 17.2. The quantitative estimate of drug-likeness (QED) is 0.687. The first-order valence-corrected chi connectivity index (χ1v) is 11.6. The lowest BCUT2D eigenvalue weighted by molar-refractivity contribution is 0.144. The van der Waals surface area contributed by atoms with Gasteiger partial charge >= 0.3 is 8.53 Å². The van der Waals surface area contributed by atoms with E-state index in [0.717, 1.165) is 43.9 Å². The van der Waals surface area contributed by atoms with E-state index >= 15 is 0 Å². The van der Waals surface area contributed by atoms with Gasteiger partial charge in [-0.15, -0.1) is 0 Å². The van der Waals surface area contributed by atoms with E-state index in [4.69, 9.17) is 13.8 Å². The van der Waals surface area contributed by atoms with Gasteiger partial charge < -0.3 is 13.8 Å². The molecule has 1 saturated heterocycles. The van der Waals surface area contributed by atoms with Crippen molar-refractivity contribution < 1.29 is 13.8 Å². The Morgan fingerprint density at radius 3 is 2.29 bits per heavy atom. The van der Waals surface area contributed by atoms with Crippen LogP contribution in [0, 0.1) is 0 Å². The van der Waals surface area contributed by atoms with Crippen LogP contribution in [0.5, 0.6) is 11.5 Å². The highest BCUT2D eigenvalue weighted by atomic mass is 31.2. The molecular weight excluding hydrogens is 369 g/mol. The van der Waals surface area contributed by atoms with Gasteiger partial charge in [-0.25, -0.2) is 4.67 Å². The van der Waals surface area contributed by atoms with Gasteiger partial charge in [-0.2, -0.15) is 0 Å². The highest BCUT2D eigenvalue weighted by Crippen LogP contribution is 2.62. The summed E-state index contributed by atoms with van der Waals surface area (Å²) in [6.07, 6.45) is 6.92. The SMILES string of the molecule is COC[C@H]1CCCN1P1Oc2cccc3c2C2(CC3)CCc3cccc(c32)O1. The first kappa shape index (κ1) is 17.3. The molecule has 2 aromatic carbocycles. The van der Waals surface area contributed by atoms with Crippen LogP contribution in [-0.2, 0) is 23.0 Å². The van der Waals surface area contributed by atoms with Crippen LogP contribution >= 0.6 is 8.53 Å². The zero-order valence-electron chi connectivity index (χ0n) is 16.3. The highest BCUT2D eigenvalue weighted by Gasteiger charge is 2.51. The van der Waals surface area contributed by atoms with Gasteiger partial charge in [-0.05, 0) is 61.8 Å². The minimum atomic E-state index is -1.20. The number of nitrogens with zero attached hydrogens (tertiary/aromatic N) is 1. The Hall–Kier alpha value is -1.61. The molecule has 1 atom stereocenters. The van der Waals surface area contributed by atoms with Crippen molar-refractivity contribution in [2.45, 2.75) is 50.0 Å². The van der Waals surface area contributed by atoms with Crippen LogP contribution in [0.4, 0.5) is 0 Å². The van der Waals surface area contributed by atoms with Crippen LogP contribution in [0.1, 0.15) is 47.9 Å². The Morgan fingerprint density at radius 2 is 1.68 bits per heavy atom. The third-order valence-corrected chi connectivity index (χ3v) is 8.74. The number of methoxy groups -OCH3 is 1. The van der Waals surface area contributed by atoms with E-state index in [1.807, 2.05) is 0 Å². The van der Waals surface area contributed by atoms with E-state index in [2.05, 4.69) is 41.1 Å². The Morgan fingerprint density at radius 1 is 1.04 bits per heavy atom. The third kappa shape index (κ3) is 2.35. The molecule has 1 fully saturated rings. The number of hydrogen-bond donors (Lipinski definition) is 0. The molecule has 2 aliphatic carbocycles. The van der Waals surface area contributed by atoms with Gasteiger partial charge in [0.25, 0.3) is 0 Å². The molecule has 0 radical (unpaired) electrons. The van der Waals surface area contributed by atoms with E-state index in [-0.39, 0.29) is 5.41 Å². The second-order valence-corrected chi connectivity index (χ2v) is 9.85. The Kier molecular flexibility index (Phi) is 3.98. The maximum atomic E-state index is 6.71. The average molecular weight is 395 g/mol. The Balaban J connectivity index is 1.51. The average Bonchev–Trinajstić information content (AvgIpc) is 3.40. The van der Waals surface area contributed by atoms with Crippen LogP contribution in [0.3, 0.4) is 0 Å². The predicted molar refractivity (Wildman–Crippen MR) is 110 cm³/mol. The van der Waals surface area contributed by atoms with E-state index in [0.29, 0.717) is 6.04 Å². The zero-order chi connectivity index (χ0) is 18.7. The fraction of sp³-hybridized carbons (Fsp3) is 0.478. The first-order chi connectivity index (χ1) is 13.8. The van der Waals surface area contributed by atoms with Gasteiger partial charge in [0, 0.05) is 36.2 Å². The number of hydrogen-bond acceptors (Lipinski definition) is 4. The van der Waals surface area contributed by atoms with Crippen molar-refractivity contribution in [3.63, 3.8) is 0 Å². The molecule has 5 heteroatoms. The van der Waals surface area contributed by atoms with E-state index in [1.165, 1.54) is 41.5 Å². The van der Waals surface area contributed by atoms with Crippen LogP contribution < -0.4 is 9.05 Å². The molecule has 2 aromatic rings. The second kappa shape index (κ2) is 6.45. The number of ether oxygens (including phenoxy) is 1. The molecule has 0 saturated carbocycles. The van der Waals surface area contributed by atoms with Crippen molar-refractivity contribution in [1.82, 2.24) is 4.67 Å². The molecule has 0 aromatic heterocycles. The maximum absolute atomic E-state index is 6.71. The maximum Gasteiger partial charge on any atom is 0.384 e. The van der Waals surface area contributed by atoms with E-state index in [1.54, 1.807) is 7.11 Å². The van der Waals surface area contributed by atoms with Crippen LogP contribution in [0.15, 0.2) is 36.4 Å². The van der Waals surface area contributed by atoms with Crippen LogP contribution in [0.2, 0.25) is 0 Å². The van der Waals surface area contributed by atoms with Crippen molar-refractivity contribution >= 4 is 8.53 Å². The molecule has 6 rings (SSSR count). The molecule has 0 unspecified atom stereocenters. The normalized spacial score (nSPS) is 24.8. The van der Waals surface area contributed by atoms with Crippen molar-refractivity contribution in [2.75, 3.05) is 20.3 Å². The largest absolute Gasteiger partial charge is 0.427 e. The summed E-state index contributed by atoms with van der Waals surface area (Å²) in [6, 6.07) is 13.6. The van der Waals surface area contributed by atoms with Gasteiger partial charge in [0.1, 0.15) is 11.5 Å². The van der Waals surface area contributed by atoms with Crippen molar-refractivity contribution in [1.29, 1.82) is 0 Å². The fourth-order valence-electron chi connectivity index (χ4n) is 5.94. The molecular formula is C23H26NO3P. The minimum absolute atomic E-state index is 0.0796. The molecule has 1 spiro atoms. The topological polar surface area (TPSA) is 30.9 Å². The molecule has 2 aliphatic heterocycles. The summed E-state index contributed by atoms with van der Waals surface area (Å²) in [4.78, 5) is 0. The molecule has 0 N–H and O–H groups in total. The van der Waals surface area contributed by atoms with Crippen LogP contribution in [-0.4, -0.2) is 31.0 Å². The van der Waals surface area contributed by atoms with Crippen molar-refractivity contribution in [3.05, 3.63) is 58.7 Å². The summed E-state index contributed by atoms with van der Waals surface area (Å²) in [7, 11) is 0.586. The van der Waals surface area contributed by atoms with Gasteiger partial charge in [0.15, 0.2) is 0 Å². The summed E-state index contributed by atoms with van der Waals surface area (Å²) in [6.45, 7) is 1.74. The predicted octanol–water partition coefficient (Wildman–Crippen LogP) is 4.97. The molecule has 28 heavy (non-hydrogen) atoms. The fourth-order valence-corrected chi connectivity index (χ4v) is 7.58. The third-order valence-electron chi connectivity index (χ3n) is 7.09. The number of rotatable bonds is 3. The van der Waals surface area contributed by atoms with Crippen LogP contribution in [0.25, 0.3) is 0 Å². The van der Waals surface area contributed by atoms with Gasteiger partial charge in [-0.1, -0.05) is 24.3 Å². The molecule has 0 amide bonds. The monoisotopic (exact) mass is 395 g/mol. The molecule has 146 valence electrons. The van der Waals surface area contributed by atoms with Gasteiger partial charge in [0.05, 0.1) is 6.61 Å². The summed E-state index contributed by atoms with van der Waals surface area (Å²) in [5.41, 5.74) is 5.90. The Bertz CT molecular complexity index is 867. The lowest BCUT2D eigenvalue weighted by Crippen LogP contribution is -2.33. The number of benzene rings is 2. The minimum Gasteiger partial charge on any atom is -0.427 e. The van der Waals surface area contributed by atoms with E-state index < -0.39 is 8.53 Å². The Labute approximate surface area is 167 Å². The van der Waals surface area contributed by atoms with Crippen molar-refractivity contribution in [2.24, 2.45) is 0 Å². The highest BCUT2D eigenvalue weighted by molar-refractivity contribution is 7.45. The standard InChI is InChI=1S/C23H26NO3P/c1-25-15-18-7-4-14-24(18)28-26-19-8-2-5-16-10-12-23(21(16)19)13-11-17-6-3-9-20(27-28)22(17)23/h2-3,5-6,8-9,18H,4,7,10-15H2,1H3/t18-,23?/m1/s1. The summed E-state index contributed by atoms with van der Waals surface area (Å²) >= 11 is 0. The summed E-state index contributed by atoms with van der Waals surface area (Å²) in [5.74, 6) is 2.10. The molecule has 4 nitrogen and oxygen atoms in total. The summed E-state index contributed by atoms with van der Waals surface area (Å²) in [5, 5.41) is 0. The van der Waals surface area contributed by atoms with Gasteiger partial charge in [0.2, 0.25) is 0 Å². The van der Waals surface area contributed by atoms with E-state index in [9.17, 15) is 0 Å². The lowest BCUT2D eigenvalue weighted by atomic mass is 9.76. The molecule has 4 aliphatic rings. The second-order valence-electron chi connectivity index (χ2n) is 8.50. The molecule has 0 bridgehead atoms.